The van der Waals surface area contributed by atoms with Crippen LogP contribution in [-0.4, -0.2) is 10.2 Å². The Morgan fingerprint density at radius 3 is 1.21 bits per heavy atom. The van der Waals surface area contributed by atoms with Gasteiger partial charge in [-0.25, -0.2) is 0 Å². The van der Waals surface area contributed by atoms with Crippen molar-refractivity contribution in [3.63, 3.8) is 0 Å². The molecule has 2 N–H and O–H groups in total. The summed E-state index contributed by atoms with van der Waals surface area (Å²) in [7, 11) is 0. The Labute approximate surface area is 165 Å². The van der Waals surface area contributed by atoms with Crippen molar-refractivity contribution in [1.29, 1.82) is 0 Å². The Hall–Kier alpha value is -3.00. The van der Waals surface area contributed by atoms with E-state index in [0.29, 0.717) is 23.3 Å². The molecule has 28 heavy (non-hydrogen) atoms. The molecule has 1 aliphatic rings. The first-order valence-corrected chi connectivity index (χ1v) is 10.1. The van der Waals surface area contributed by atoms with Crippen LogP contribution < -0.4 is 0 Å². The zero-order valence-corrected chi connectivity index (χ0v) is 15.8. The normalized spacial score (nSPS) is 19.9. The summed E-state index contributed by atoms with van der Waals surface area (Å²) in [6.07, 6.45) is 4.59. The Morgan fingerprint density at radius 2 is 0.821 bits per heavy atom. The number of fused-ring (bicyclic) bond motifs is 2. The van der Waals surface area contributed by atoms with E-state index in [1.54, 1.807) is 0 Å². The zero-order valence-electron chi connectivity index (χ0n) is 15.8. The minimum atomic E-state index is 0.364. The van der Waals surface area contributed by atoms with Crippen LogP contribution in [0.2, 0.25) is 0 Å². The lowest BCUT2D eigenvalue weighted by Gasteiger charge is -2.30. The van der Waals surface area contributed by atoms with Crippen molar-refractivity contribution >= 4 is 21.5 Å². The van der Waals surface area contributed by atoms with Gasteiger partial charge in [-0.15, -0.1) is 0 Å². The van der Waals surface area contributed by atoms with Gasteiger partial charge in [0.25, 0.3) is 0 Å². The number of phenols is 2. The predicted octanol–water partition coefficient (Wildman–Crippen LogP) is 6.85. The van der Waals surface area contributed by atoms with Crippen molar-refractivity contribution in [2.45, 2.75) is 37.5 Å². The molecule has 2 nitrogen and oxygen atoms in total. The lowest BCUT2D eigenvalue weighted by molar-refractivity contribution is 0.398. The summed E-state index contributed by atoms with van der Waals surface area (Å²) in [6, 6.07) is 24.3. The summed E-state index contributed by atoms with van der Waals surface area (Å²) in [4.78, 5) is 0. The molecule has 0 heterocycles. The molecule has 0 bridgehead atoms. The molecule has 4 aromatic rings. The van der Waals surface area contributed by atoms with Gasteiger partial charge < -0.3 is 10.2 Å². The number of hydrogen-bond donors (Lipinski definition) is 2. The van der Waals surface area contributed by atoms with Crippen LogP contribution in [0.15, 0.2) is 72.8 Å². The highest BCUT2D eigenvalue weighted by atomic mass is 16.3. The third-order valence-corrected chi connectivity index (χ3v) is 6.48. The van der Waals surface area contributed by atoms with Crippen LogP contribution in [0.5, 0.6) is 11.5 Å². The smallest absolute Gasteiger partial charge is 0.123 e. The SMILES string of the molecule is Oc1ccc(C2CCC(c3ccc(O)c4ccccc34)CC2)c2ccccc12. The van der Waals surface area contributed by atoms with Crippen molar-refractivity contribution in [1.82, 2.24) is 0 Å². The molecule has 0 aromatic heterocycles. The van der Waals surface area contributed by atoms with Gasteiger partial charge in [0.2, 0.25) is 0 Å². The molecule has 140 valence electrons. The monoisotopic (exact) mass is 368 g/mol. The van der Waals surface area contributed by atoms with E-state index in [1.807, 2.05) is 36.4 Å². The maximum absolute atomic E-state index is 10.2. The van der Waals surface area contributed by atoms with Gasteiger partial charge in [-0.3, -0.25) is 0 Å². The van der Waals surface area contributed by atoms with Crippen LogP contribution in [0.3, 0.4) is 0 Å². The molecule has 2 heteroatoms. The van der Waals surface area contributed by atoms with Gasteiger partial charge in [-0.05, 0) is 71.6 Å². The maximum Gasteiger partial charge on any atom is 0.123 e. The Kier molecular flexibility index (Phi) is 4.20. The third-order valence-electron chi connectivity index (χ3n) is 6.48. The molecule has 0 saturated heterocycles. The standard InChI is InChI=1S/C26H24O2/c27-25-15-13-19(21-5-1-3-7-23(21)25)17-9-11-18(12-10-17)20-14-16-26(28)24-8-4-2-6-22(20)24/h1-8,13-18,27-28H,9-12H2. The molecule has 1 saturated carbocycles. The van der Waals surface area contributed by atoms with Gasteiger partial charge in [0.1, 0.15) is 11.5 Å². The molecule has 4 aromatic carbocycles. The van der Waals surface area contributed by atoms with E-state index in [2.05, 4.69) is 36.4 Å². The largest absolute Gasteiger partial charge is 0.507 e. The van der Waals surface area contributed by atoms with E-state index in [0.717, 1.165) is 36.5 Å². The summed E-state index contributed by atoms with van der Waals surface area (Å²) >= 11 is 0. The van der Waals surface area contributed by atoms with Gasteiger partial charge >= 0.3 is 0 Å². The Morgan fingerprint density at radius 1 is 0.464 bits per heavy atom. The molecule has 0 unspecified atom stereocenters. The van der Waals surface area contributed by atoms with Gasteiger partial charge in [0, 0.05) is 10.8 Å². The first-order valence-electron chi connectivity index (χ1n) is 10.1. The number of rotatable bonds is 2. The number of phenolic OH excluding ortho intramolecular Hbond substituents is 2. The lowest BCUT2D eigenvalue weighted by Crippen LogP contribution is -2.12. The van der Waals surface area contributed by atoms with Crippen molar-refractivity contribution in [3.8, 4) is 11.5 Å². The van der Waals surface area contributed by atoms with Crippen LogP contribution in [-0.2, 0) is 0 Å². The second kappa shape index (κ2) is 6.87. The minimum Gasteiger partial charge on any atom is -0.507 e. The molecule has 0 amide bonds. The van der Waals surface area contributed by atoms with Gasteiger partial charge in [-0.2, -0.15) is 0 Å². The fourth-order valence-corrected chi connectivity index (χ4v) is 5.04. The maximum atomic E-state index is 10.2. The molecule has 1 aliphatic carbocycles. The van der Waals surface area contributed by atoms with Crippen LogP contribution in [0.1, 0.15) is 48.6 Å². The van der Waals surface area contributed by atoms with Gasteiger partial charge in [-0.1, -0.05) is 60.7 Å². The zero-order chi connectivity index (χ0) is 19.1. The first kappa shape index (κ1) is 17.1. The average molecular weight is 368 g/mol. The first-order chi connectivity index (χ1) is 13.7. The van der Waals surface area contributed by atoms with Crippen molar-refractivity contribution in [2.75, 3.05) is 0 Å². The van der Waals surface area contributed by atoms with Gasteiger partial charge in [0.05, 0.1) is 0 Å². The molecule has 1 fully saturated rings. The summed E-state index contributed by atoms with van der Waals surface area (Å²) < 4.78 is 0. The van der Waals surface area contributed by atoms with Crippen LogP contribution in [0, 0.1) is 0 Å². The van der Waals surface area contributed by atoms with Crippen molar-refractivity contribution in [2.24, 2.45) is 0 Å². The summed E-state index contributed by atoms with van der Waals surface area (Å²) in [6.45, 7) is 0. The Bertz CT molecular complexity index is 1060. The van der Waals surface area contributed by atoms with Gasteiger partial charge in [0.15, 0.2) is 0 Å². The van der Waals surface area contributed by atoms with E-state index in [1.165, 1.54) is 21.9 Å². The quantitative estimate of drug-likeness (QED) is 0.406. The summed E-state index contributed by atoms with van der Waals surface area (Å²) in [5.41, 5.74) is 2.73. The molecule has 0 atom stereocenters. The lowest BCUT2D eigenvalue weighted by atomic mass is 9.74. The summed E-state index contributed by atoms with van der Waals surface area (Å²) in [5.74, 6) is 1.79. The topological polar surface area (TPSA) is 40.5 Å². The molecular weight excluding hydrogens is 344 g/mol. The van der Waals surface area contributed by atoms with E-state index in [9.17, 15) is 10.2 Å². The fraction of sp³-hybridized carbons (Fsp3) is 0.231. The number of hydrogen-bond acceptors (Lipinski definition) is 2. The highest BCUT2D eigenvalue weighted by Crippen LogP contribution is 2.45. The summed E-state index contributed by atoms with van der Waals surface area (Å²) in [5, 5.41) is 24.6. The number of benzene rings is 4. The van der Waals surface area contributed by atoms with Crippen LogP contribution in [0.25, 0.3) is 21.5 Å². The highest BCUT2D eigenvalue weighted by molar-refractivity contribution is 5.92. The molecule has 0 spiro atoms. The second-order valence-electron chi connectivity index (χ2n) is 7.99. The minimum absolute atomic E-state index is 0.364. The van der Waals surface area contributed by atoms with E-state index in [-0.39, 0.29) is 0 Å². The van der Waals surface area contributed by atoms with Crippen molar-refractivity contribution < 1.29 is 10.2 Å². The predicted molar refractivity (Wildman–Crippen MR) is 115 cm³/mol. The fourth-order valence-electron chi connectivity index (χ4n) is 5.04. The second-order valence-corrected chi connectivity index (χ2v) is 7.99. The number of aromatic hydroxyl groups is 2. The average Bonchev–Trinajstić information content (AvgIpc) is 2.75. The van der Waals surface area contributed by atoms with Crippen LogP contribution >= 0.6 is 0 Å². The molecule has 0 radical (unpaired) electrons. The van der Waals surface area contributed by atoms with Crippen LogP contribution in [0.4, 0.5) is 0 Å². The molecule has 0 aliphatic heterocycles. The Balaban J connectivity index is 1.44. The van der Waals surface area contributed by atoms with Crippen molar-refractivity contribution in [3.05, 3.63) is 83.9 Å². The van der Waals surface area contributed by atoms with E-state index in [4.69, 9.17) is 0 Å². The van der Waals surface area contributed by atoms with E-state index < -0.39 is 0 Å². The molecular formula is C26H24O2. The molecule has 5 rings (SSSR count). The van der Waals surface area contributed by atoms with E-state index >= 15 is 0 Å². The third kappa shape index (κ3) is 2.80. The highest BCUT2D eigenvalue weighted by Gasteiger charge is 2.26.